The zero-order chi connectivity index (χ0) is 24.7. The fourth-order valence-corrected chi connectivity index (χ4v) is 5.51. The Balaban J connectivity index is 1.51. The van der Waals surface area contributed by atoms with E-state index < -0.39 is 23.2 Å². The standard InChI is InChI=1S/C25H25FN6O3/c1-15(26)22(33)32-12-11-31(14-17(32)8-10-27)21-20-19(28-24(30-21)35-2)13-25(23(34)29-20)9-7-16-5-3-4-6-18(16)25/h3-6,17H,1,7-9,11-14H2,2H3,(H,29,34). The molecule has 2 unspecified atom stereocenters. The van der Waals surface area contributed by atoms with E-state index in [0.29, 0.717) is 36.6 Å². The summed E-state index contributed by atoms with van der Waals surface area (Å²) < 4.78 is 18.9. The second kappa shape index (κ2) is 8.65. The predicted octanol–water partition coefficient (Wildman–Crippen LogP) is 2.28. The molecule has 1 aliphatic carbocycles. The minimum atomic E-state index is -1.06. The van der Waals surface area contributed by atoms with E-state index in [4.69, 9.17) is 4.74 Å². The van der Waals surface area contributed by atoms with Gasteiger partial charge in [0.2, 0.25) is 5.91 Å². The molecule has 9 nitrogen and oxygen atoms in total. The van der Waals surface area contributed by atoms with Gasteiger partial charge in [0, 0.05) is 26.1 Å². The minimum Gasteiger partial charge on any atom is -0.467 e. The number of hydrogen-bond acceptors (Lipinski definition) is 7. The summed E-state index contributed by atoms with van der Waals surface area (Å²) in [4.78, 5) is 38.1. The smallest absolute Gasteiger partial charge is 0.318 e. The summed E-state index contributed by atoms with van der Waals surface area (Å²) >= 11 is 0. The molecule has 1 N–H and O–H groups in total. The van der Waals surface area contributed by atoms with Crippen molar-refractivity contribution >= 4 is 23.3 Å². The third kappa shape index (κ3) is 3.67. The van der Waals surface area contributed by atoms with Gasteiger partial charge in [-0.25, -0.2) is 4.39 Å². The molecule has 2 atom stereocenters. The number of nitriles is 1. The number of carbonyl (C=O) groups excluding carboxylic acids is 2. The number of nitrogens with one attached hydrogen (secondary N) is 1. The molecule has 5 rings (SSSR count). The number of aromatic nitrogens is 2. The van der Waals surface area contributed by atoms with Crippen molar-refractivity contribution < 1.29 is 18.7 Å². The molecule has 0 radical (unpaired) electrons. The summed E-state index contributed by atoms with van der Waals surface area (Å²) in [6.45, 7) is 3.85. The molecule has 180 valence electrons. The lowest BCUT2D eigenvalue weighted by atomic mass is 9.74. The number of fused-ring (bicyclic) bond motifs is 3. The Bertz CT molecular complexity index is 1270. The number of methoxy groups -OCH3 is 1. The number of amides is 2. The van der Waals surface area contributed by atoms with Crippen LogP contribution in [-0.2, 0) is 27.8 Å². The van der Waals surface area contributed by atoms with Crippen LogP contribution in [0.5, 0.6) is 6.01 Å². The van der Waals surface area contributed by atoms with Crippen LogP contribution < -0.4 is 15.0 Å². The predicted molar refractivity (Wildman–Crippen MR) is 126 cm³/mol. The van der Waals surface area contributed by atoms with Crippen molar-refractivity contribution in [1.29, 1.82) is 5.26 Å². The van der Waals surface area contributed by atoms with E-state index in [1.807, 2.05) is 23.1 Å². The largest absolute Gasteiger partial charge is 0.467 e. The molecular formula is C25H25FN6O3. The third-order valence-corrected chi connectivity index (χ3v) is 7.23. The van der Waals surface area contributed by atoms with Gasteiger partial charge in [0.1, 0.15) is 5.69 Å². The van der Waals surface area contributed by atoms with Gasteiger partial charge < -0.3 is 19.9 Å². The molecule has 0 saturated carbocycles. The molecule has 2 aliphatic heterocycles. The molecule has 3 aliphatic rings. The number of hydrogen-bond donors (Lipinski definition) is 1. The summed E-state index contributed by atoms with van der Waals surface area (Å²) in [5.41, 5.74) is 2.68. The molecule has 0 bridgehead atoms. The molecule has 10 heteroatoms. The van der Waals surface area contributed by atoms with E-state index in [1.54, 1.807) is 0 Å². The SMILES string of the molecule is C=C(F)C(=O)N1CCN(c2nc(OC)nc3c2NC(=O)C2(CCc4ccccc42)C3)CC1CC#N. The lowest BCUT2D eigenvalue weighted by Crippen LogP contribution is -2.56. The van der Waals surface area contributed by atoms with Gasteiger partial charge >= 0.3 is 6.01 Å². The molecule has 1 fully saturated rings. The molecule has 1 saturated heterocycles. The van der Waals surface area contributed by atoms with Crippen LogP contribution in [0.15, 0.2) is 36.7 Å². The highest BCUT2D eigenvalue weighted by atomic mass is 19.1. The van der Waals surface area contributed by atoms with Crippen LogP contribution in [0.4, 0.5) is 15.9 Å². The quantitative estimate of drug-likeness (QED) is 0.674. The Labute approximate surface area is 202 Å². The van der Waals surface area contributed by atoms with Crippen molar-refractivity contribution in [3.8, 4) is 12.1 Å². The van der Waals surface area contributed by atoms with Crippen LogP contribution >= 0.6 is 0 Å². The van der Waals surface area contributed by atoms with Crippen molar-refractivity contribution in [1.82, 2.24) is 14.9 Å². The first-order valence-electron chi connectivity index (χ1n) is 11.5. The number of halogens is 1. The summed E-state index contributed by atoms with van der Waals surface area (Å²) in [5.74, 6) is -1.50. The van der Waals surface area contributed by atoms with Gasteiger partial charge in [-0.1, -0.05) is 30.8 Å². The zero-order valence-electron chi connectivity index (χ0n) is 19.4. The fraction of sp³-hybridized carbons (Fsp3) is 0.400. The van der Waals surface area contributed by atoms with Crippen LogP contribution in [-0.4, -0.2) is 59.5 Å². The van der Waals surface area contributed by atoms with Crippen molar-refractivity contribution in [2.75, 3.05) is 37.0 Å². The molecule has 1 spiro atoms. The molecule has 3 heterocycles. The van der Waals surface area contributed by atoms with Crippen molar-refractivity contribution in [2.24, 2.45) is 0 Å². The zero-order valence-corrected chi connectivity index (χ0v) is 19.4. The van der Waals surface area contributed by atoms with Crippen LogP contribution in [0.3, 0.4) is 0 Å². The Morgan fingerprint density at radius 3 is 2.91 bits per heavy atom. The second-order valence-corrected chi connectivity index (χ2v) is 9.09. The molecule has 35 heavy (non-hydrogen) atoms. The van der Waals surface area contributed by atoms with Gasteiger partial charge in [-0.2, -0.15) is 15.2 Å². The van der Waals surface area contributed by atoms with Gasteiger partial charge in [0.25, 0.3) is 5.91 Å². The first-order chi connectivity index (χ1) is 16.9. The average molecular weight is 477 g/mol. The fourth-order valence-electron chi connectivity index (χ4n) is 5.51. The first-order valence-corrected chi connectivity index (χ1v) is 11.5. The van der Waals surface area contributed by atoms with E-state index in [-0.39, 0.29) is 31.4 Å². The maximum absolute atomic E-state index is 13.6. The van der Waals surface area contributed by atoms with Crippen LogP contribution in [0.2, 0.25) is 0 Å². The van der Waals surface area contributed by atoms with Gasteiger partial charge in [0.15, 0.2) is 11.6 Å². The average Bonchev–Trinajstić information content (AvgIpc) is 3.23. The summed E-state index contributed by atoms with van der Waals surface area (Å²) in [6, 6.07) is 9.67. The summed E-state index contributed by atoms with van der Waals surface area (Å²) in [7, 11) is 1.48. The maximum Gasteiger partial charge on any atom is 0.318 e. The van der Waals surface area contributed by atoms with Gasteiger partial charge in [-0.15, -0.1) is 0 Å². The van der Waals surface area contributed by atoms with Crippen molar-refractivity contribution in [2.45, 2.75) is 37.1 Å². The second-order valence-electron chi connectivity index (χ2n) is 9.09. The monoisotopic (exact) mass is 476 g/mol. The Morgan fingerprint density at radius 2 is 2.17 bits per heavy atom. The number of nitrogens with zero attached hydrogens (tertiary/aromatic N) is 5. The van der Waals surface area contributed by atoms with Crippen LogP contribution in [0, 0.1) is 11.3 Å². The van der Waals surface area contributed by atoms with E-state index in [2.05, 4.69) is 34.0 Å². The van der Waals surface area contributed by atoms with Crippen LogP contribution in [0.1, 0.15) is 29.7 Å². The van der Waals surface area contributed by atoms with E-state index in [0.717, 1.165) is 12.0 Å². The highest BCUT2D eigenvalue weighted by Crippen LogP contribution is 2.47. The number of carbonyl (C=O) groups is 2. The number of benzene rings is 1. The lowest BCUT2D eigenvalue weighted by molar-refractivity contribution is -0.131. The number of ether oxygens (including phenoxy) is 1. The highest BCUT2D eigenvalue weighted by Gasteiger charge is 2.49. The van der Waals surface area contributed by atoms with Crippen LogP contribution in [0.25, 0.3) is 0 Å². The topological polar surface area (TPSA) is 111 Å². The molecule has 2 aromatic rings. The maximum atomic E-state index is 13.6. The number of rotatable bonds is 4. The van der Waals surface area contributed by atoms with E-state index in [1.165, 1.54) is 17.6 Å². The number of anilines is 2. The highest BCUT2D eigenvalue weighted by molar-refractivity contribution is 6.04. The van der Waals surface area contributed by atoms with E-state index >= 15 is 0 Å². The molecule has 1 aromatic carbocycles. The van der Waals surface area contributed by atoms with Crippen molar-refractivity contribution in [3.63, 3.8) is 0 Å². The Morgan fingerprint density at radius 1 is 1.37 bits per heavy atom. The summed E-state index contributed by atoms with van der Waals surface area (Å²) in [6.07, 6.45) is 1.95. The Kier molecular flexibility index (Phi) is 5.63. The van der Waals surface area contributed by atoms with E-state index in [9.17, 15) is 19.2 Å². The molecule has 1 aromatic heterocycles. The summed E-state index contributed by atoms with van der Waals surface area (Å²) in [5, 5.41) is 12.4. The molecule has 2 amide bonds. The molecular weight excluding hydrogens is 451 g/mol. The first kappa shape index (κ1) is 22.8. The van der Waals surface area contributed by atoms with Crippen molar-refractivity contribution in [3.05, 3.63) is 53.5 Å². The lowest BCUT2D eigenvalue weighted by Gasteiger charge is -2.42. The van der Waals surface area contributed by atoms with Gasteiger partial charge in [0.05, 0.1) is 36.8 Å². The van der Waals surface area contributed by atoms with Gasteiger partial charge in [-0.3, -0.25) is 9.59 Å². The third-order valence-electron chi connectivity index (χ3n) is 7.23. The minimum absolute atomic E-state index is 0.0200. The Hall–Kier alpha value is -4.00. The number of aryl methyl sites for hydroxylation is 1. The van der Waals surface area contributed by atoms with Gasteiger partial charge in [-0.05, 0) is 24.0 Å². The number of piperazine rings is 1. The normalized spacial score (nSPS) is 22.8.